The number of nitriles is 1. The van der Waals surface area contributed by atoms with E-state index in [1.165, 1.54) is 19.3 Å². The van der Waals surface area contributed by atoms with Crippen molar-refractivity contribution in [3.05, 3.63) is 93.7 Å². The van der Waals surface area contributed by atoms with Gasteiger partial charge in [-0.1, -0.05) is 52.3 Å². The van der Waals surface area contributed by atoms with Gasteiger partial charge in [-0.05, 0) is 42.0 Å². The molecule has 0 aliphatic heterocycles. The van der Waals surface area contributed by atoms with Gasteiger partial charge in [0.15, 0.2) is 11.5 Å². The summed E-state index contributed by atoms with van der Waals surface area (Å²) in [5.74, 6) is -0.115. The molecule has 156 valence electrons. The summed E-state index contributed by atoms with van der Waals surface area (Å²) in [5.41, 5.74) is 1.47. The molecule has 3 aromatic carbocycles. The number of ether oxygens (including phenoxy) is 2. The molecule has 0 saturated carbocycles. The topological polar surface area (TPSA) is 71.3 Å². The summed E-state index contributed by atoms with van der Waals surface area (Å²) >= 11 is 3.43. The van der Waals surface area contributed by atoms with Crippen LogP contribution >= 0.6 is 15.9 Å². The molecule has 3 rings (SSSR count). The van der Waals surface area contributed by atoms with E-state index < -0.39 is 5.91 Å². The second-order valence-corrected chi connectivity index (χ2v) is 7.25. The Morgan fingerprint density at radius 2 is 1.84 bits per heavy atom. The first-order valence-corrected chi connectivity index (χ1v) is 10.0. The molecular weight excluding hydrogens is 463 g/mol. The van der Waals surface area contributed by atoms with Crippen LogP contribution in [0, 0.1) is 17.1 Å². The smallest absolute Gasteiger partial charge is 0.266 e. The van der Waals surface area contributed by atoms with E-state index in [2.05, 4.69) is 21.2 Å². The number of anilines is 1. The Kier molecular flexibility index (Phi) is 7.41. The van der Waals surface area contributed by atoms with Gasteiger partial charge in [-0.15, -0.1) is 0 Å². The third-order valence-corrected chi connectivity index (χ3v) is 5.01. The van der Waals surface area contributed by atoms with Crippen molar-refractivity contribution in [3.8, 4) is 17.6 Å². The molecule has 0 bridgehead atoms. The lowest BCUT2D eigenvalue weighted by molar-refractivity contribution is -0.112. The van der Waals surface area contributed by atoms with Crippen LogP contribution in [0.4, 0.5) is 10.1 Å². The van der Waals surface area contributed by atoms with Gasteiger partial charge in [-0.2, -0.15) is 5.26 Å². The molecule has 1 N–H and O–H groups in total. The van der Waals surface area contributed by atoms with E-state index in [1.807, 2.05) is 12.1 Å². The molecule has 0 aromatic heterocycles. The monoisotopic (exact) mass is 480 g/mol. The summed E-state index contributed by atoms with van der Waals surface area (Å²) in [6.07, 6.45) is 1.45. The quantitative estimate of drug-likeness (QED) is 0.346. The SMILES string of the molecule is COc1cc(/C=C(/C#N)C(=O)Nc2ccccc2)c(Br)cc1OCc1ccccc1F. The molecule has 7 heteroatoms. The third-order valence-electron chi connectivity index (χ3n) is 4.32. The molecule has 0 aliphatic carbocycles. The summed E-state index contributed by atoms with van der Waals surface area (Å²) in [6, 6.07) is 20.4. The number of carbonyl (C=O) groups is 1. The van der Waals surface area contributed by atoms with Crippen molar-refractivity contribution < 1.29 is 18.7 Å². The Hall–Kier alpha value is -3.63. The van der Waals surface area contributed by atoms with Crippen LogP contribution in [0.25, 0.3) is 6.08 Å². The molecule has 1 amide bonds. The maximum atomic E-state index is 13.8. The zero-order chi connectivity index (χ0) is 22.2. The maximum Gasteiger partial charge on any atom is 0.266 e. The first kappa shape index (κ1) is 22.1. The highest BCUT2D eigenvalue weighted by molar-refractivity contribution is 9.10. The molecule has 5 nitrogen and oxygen atoms in total. The van der Waals surface area contributed by atoms with Gasteiger partial charge in [0.1, 0.15) is 24.1 Å². The molecule has 0 saturated heterocycles. The molecule has 31 heavy (non-hydrogen) atoms. The van der Waals surface area contributed by atoms with Crippen LogP contribution in [0.1, 0.15) is 11.1 Å². The predicted molar refractivity (Wildman–Crippen MR) is 120 cm³/mol. The molecule has 0 unspecified atom stereocenters. The molecule has 3 aromatic rings. The number of nitrogens with one attached hydrogen (secondary N) is 1. The van der Waals surface area contributed by atoms with Gasteiger partial charge in [0.25, 0.3) is 5.91 Å². The molecule has 0 fully saturated rings. The van der Waals surface area contributed by atoms with Gasteiger partial charge in [0, 0.05) is 15.7 Å². The van der Waals surface area contributed by atoms with Crippen LogP contribution in [0.15, 0.2) is 76.8 Å². The van der Waals surface area contributed by atoms with Crippen molar-refractivity contribution in [1.29, 1.82) is 5.26 Å². The van der Waals surface area contributed by atoms with Crippen molar-refractivity contribution in [2.75, 3.05) is 12.4 Å². The van der Waals surface area contributed by atoms with Crippen molar-refractivity contribution in [2.45, 2.75) is 6.61 Å². The van der Waals surface area contributed by atoms with Gasteiger partial charge in [-0.25, -0.2) is 4.39 Å². The lowest BCUT2D eigenvalue weighted by Crippen LogP contribution is -2.13. The Balaban J connectivity index is 1.83. The molecule has 0 aliphatic rings. The van der Waals surface area contributed by atoms with Crippen molar-refractivity contribution in [1.82, 2.24) is 0 Å². The zero-order valence-corrected chi connectivity index (χ0v) is 18.1. The highest BCUT2D eigenvalue weighted by Gasteiger charge is 2.14. The first-order valence-electron chi connectivity index (χ1n) is 9.23. The van der Waals surface area contributed by atoms with Crippen molar-refractivity contribution >= 4 is 33.6 Å². The molecule has 0 heterocycles. The largest absolute Gasteiger partial charge is 0.493 e. The minimum atomic E-state index is -0.528. The number of methoxy groups -OCH3 is 1. The normalized spacial score (nSPS) is 10.8. The van der Waals surface area contributed by atoms with Crippen LogP contribution in [0.3, 0.4) is 0 Å². The number of halogens is 2. The average molecular weight is 481 g/mol. The third kappa shape index (κ3) is 5.71. The summed E-state index contributed by atoms with van der Waals surface area (Å²) < 4.78 is 25.5. The number of rotatable bonds is 7. The van der Waals surface area contributed by atoms with Crippen molar-refractivity contribution in [3.63, 3.8) is 0 Å². The minimum absolute atomic E-state index is 0.0214. The lowest BCUT2D eigenvalue weighted by Gasteiger charge is -2.13. The average Bonchev–Trinajstić information content (AvgIpc) is 2.78. The van der Waals surface area contributed by atoms with E-state index in [4.69, 9.17) is 9.47 Å². The van der Waals surface area contributed by atoms with Gasteiger partial charge in [-0.3, -0.25) is 4.79 Å². The van der Waals surface area contributed by atoms with Gasteiger partial charge in [0.2, 0.25) is 0 Å². The Bertz CT molecular complexity index is 1160. The van der Waals surface area contributed by atoms with Gasteiger partial charge < -0.3 is 14.8 Å². The van der Waals surface area contributed by atoms with E-state index in [0.29, 0.717) is 32.8 Å². The van der Waals surface area contributed by atoms with Crippen LogP contribution < -0.4 is 14.8 Å². The Labute approximate surface area is 187 Å². The number of benzene rings is 3. The van der Waals surface area contributed by atoms with E-state index in [9.17, 15) is 14.4 Å². The van der Waals surface area contributed by atoms with Crippen LogP contribution in [-0.2, 0) is 11.4 Å². The second kappa shape index (κ2) is 10.4. The number of nitrogens with zero attached hydrogens (tertiary/aromatic N) is 1. The zero-order valence-electron chi connectivity index (χ0n) is 16.6. The number of amides is 1. The second-order valence-electron chi connectivity index (χ2n) is 6.39. The Morgan fingerprint density at radius 1 is 1.13 bits per heavy atom. The fourth-order valence-electron chi connectivity index (χ4n) is 2.73. The van der Waals surface area contributed by atoms with E-state index in [1.54, 1.807) is 54.6 Å². The predicted octanol–water partition coefficient (Wildman–Crippen LogP) is 5.72. The number of para-hydroxylation sites is 1. The number of carbonyl (C=O) groups excluding carboxylic acids is 1. The van der Waals surface area contributed by atoms with Crippen LogP contribution in [0.2, 0.25) is 0 Å². The van der Waals surface area contributed by atoms with Crippen molar-refractivity contribution in [2.24, 2.45) is 0 Å². The van der Waals surface area contributed by atoms with Crippen LogP contribution in [-0.4, -0.2) is 13.0 Å². The molecule has 0 atom stereocenters. The van der Waals surface area contributed by atoms with E-state index >= 15 is 0 Å². The summed E-state index contributed by atoms with van der Waals surface area (Å²) in [6.45, 7) is 0.0214. The molecular formula is C24H18BrFN2O3. The molecule has 0 radical (unpaired) electrons. The fourth-order valence-corrected chi connectivity index (χ4v) is 3.17. The fraction of sp³-hybridized carbons (Fsp3) is 0.0833. The van der Waals surface area contributed by atoms with E-state index in [-0.39, 0.29) is 18.0 Å². The first-order chi connectivity index (χ1) is 15.0. The van der Waals surface area contributed by atoms with Crippen LogP contribution in [0.5, 0.6) is 11.5 Å². The lowest BCUT2D eigenvalue weighted by atomic mass is 10.1. The van der Waals surface area contributed by atoms with Gasteiger partial charge >= 0.3 is 0 Å². The highest BCUT2D eigenvalue weighted by Crippen LogP contribution is 2.35. The minimum Gasteiger partial charge on any atom is -0.493 e. The summed E-state index contributed by atoms with van der Waals surface area (Å²) in [4.78, 5) is 12.5. The molecule has 0 spiro atoms. The maximum absolute atomic E-state index is 13.8. The van der Waals surface area contributed by atoms with Gasteiger partial charge in [0.05, 0.1) is 7.11 Å². The summed E-state index contributed by atoms with van der Waals surface area (Å²) in [5, 5.41) is 12.1. The number of hydrogen-bond donors (Lipinski definition) is 1. The number of hydrogen-bond acceptors (Lipinski definition) is 4. The van der Waals surface area contributed by atoms with E-state index in [0.717, 1.165) is 0 Å². The summed E-state index contributed by atoms with van der Waals surface area (Å²) in [7, 11) is 1.47. The Morgan fingerprint density at radius 3 is 2.52 bits per heavy atom. The highest BCUT2D eigenvalue weighted by atomic mass is 79.9. The standard InChI is InChI=1S/C24H18BrFN2O3/c1-30-22-12-17(11-18(14-27)24(29)28-19-8-3-2-4-9-19)20(25)13-23(22)31-15-16-7-5-6-10-21(16)26/h2-13H,15H2,1H3,(H,28,29)/b18-11-.